The smallest absolute Gasteiger partial charge is 0.326 e. The van der Waals surface area contributed by atoms with Gasteiger partial charge in [0.1, 0.15) is 0 Å². The van der Waals surface area contributed by atoms with Crippen LogP contribution in [0.25, 0.3) is 15.9 Å². The molecule has 1 aromatic carbocycles. The van der Waals surface area contributed by atoms with Crippen LogP contribution in [0, 0.1) is 6.57 Å². The van der Waals surface area contributed by atoms with Crippen molar-refractivity contribution in [2.24, 2.45) is 0 Å². The molecule has 0 atom stereocenters. The highest BCUT2D eigenvalue weighted by molar-refractivity contribution is 6.74. The summed E-state index contributed by atoms with van der Waals surface area (Å²) in [5, 5.41) is 0.155. The molecule has 0 amide bonds. The predicted molar refractivity (Wildman–Crippen MR) is 92.0 cm³/mol. The van der Waals surface area contributed by atoms with Gasteiger partial charge in [-0.1, -0.05) is 26.8 Å². The van der Waals surface area contributed by atoms with Gasteiger partial charge in [0.15, 0.2) is 14.0 Å². The monoisotopic (exact) mass is 317 g/mol. The molecule has 118 valence electrons. The van der Waals surface area contributed by atoms with E-state index in [1.165, 1.54) is 0 Å². The molecule has 1 heterocycles. The molecule has 0 unspecified atom stereocenters. The summed E-state index contributed by atoms with van der Waals surface area (Å²) in [6.07, 6.45) is 0. The third kappa shape index (κ3) is 3.16. The van der Waals surface area contributed by atoms with E-state index in [2.05, 4.69) is 43.7 Å². The van der Waals surface area contributed by atoms with Crippen molar-refractivity contribution in [2.75, 3.05) is 6.61 Å². The molecule has 1 N–H and O–H groups in total. The minimum Gasteiger partial charge on any atom is -0.415 e. The van der Waals surface area contributed by atoms with Crippen molar-refractivity contribution in [3.63, 3.8) is 0 Å². The number of aromatic amines is 1. The first kappa shape index (κ1) is 16.5. The molecule has 0 saturated carbocycles. The summed E-state index contributed by atoms with van der Waals surface area (Å²) in [5.41, 5.74) is 1.89. The maximum absolute atomic E-state index is 12.1. The summed E-state index contributed by atoms with van der Waals surface area (Å²) in [5.74, 6) is 0. The standard InChI is InChI=1S/C16H23N3O2Si/c1-16(2,3)22(5,6)21-10-9-19-14-8-7-12(17-4)11-13(14)18-15(19)20/h7-8,11H,9-10H2,1-3,5-6H3,(H,18,20). The van der Waals surface area contributed by atoms with Crippen LogP contribution in [0.4, 0.5) is 5.69 Å². The molecule has 22 heavy (non-hydrogen) atoms. The van der Waals surface area contributed by atoms with Crippen LogP contribution in [0.1, 0.15) is 20.8 Å². The fourth-order valence-corrected chi connectivity index (χ4v) is 3.09. The van der Waals surface area contributed by atoms with E-state index in [1.807, 2.05) is 6.07 Å². The Bertz CT molecular complexity index is 775. The fourth-order valence-electron chi connectivity index (χ4n) is 2.05. The van der Waals surface area contributed by atoms with Gasteiger partial charge in [0.05, 0.1) is 24.2 Å². The molecule has 0 spiro atoms. The van der Waals surface area contributed by atoms with Gasteiger partial charge in [-0.3, -0.25) is 4.57 Å². The van der Waals surface area contributed by atoms with Crippen LogP contribution < -0.4 is 5.69 Å². The second-order valence-corrected chi connectivity index (χ2v) is 11.8. The molecule has 2 rings (SSSR count). The molecule has 1 aromatic heterocycles. The zero-order valence-corrected chi connectivity index (χ0v) is 14.9. The van der Waals surface area contributed by atoms with Crippen LogP contribution in [0.15, 0.2) is 23.0 Å². The van der Waals surface area contributed by atoms with E-state index in [0.717, 1.165) is 5.52 Å². The van der Waals surface area contributed by atoms with Crippen molar-refractivity contribution in [1.82, 2.24) is 9.55 Å². The summed E-state index contributed by atoms with van der Waals surface area (Å²) < 4.78 is 7.81. The second kappa shape index (κ2) is 5.74. The Morgan fingerprint density at radius 1 is 1.36 bits per heavy atom. The van der Waals surface area contributed by atoms with Gasteiger partial charge in [-0.05, 0) is 30.3 Å². The molecule has 0 aliphatic carbocycles. The zero-order valence-electron chi connectivity index (χ0n) is 13.9. The first-order valence-electron chi connectivity index (χ1n) is 7.40. The van der Waals surface area contributed by atoms with Gasteiger partial charge < -0.3 is 9.41 Å². The van der Waals surface area contributed by atoms with E-state index in [1.54, 1.807) is 16.7 Å². The lowest BCUT2D eigenvalue weighted by molar-refractivity contribution is 0.272. The molecule has 0 bridgehead atoms. The molecule has 0 radical (unpaired) electrons. The first-order valence-corrected chi connectivity index (χ1v) is 10.3. The van der Waals surface area contributed by atoms with Crippen molar-refractivity contribution < 1.29 is 4.43 Å². The molecular formula is C16H23N3O2Si. The zero-order chi connectivity index (χ0) is 16.5. The van der Waals surface area contributed by atoms with Crippen molar-refractivity contribution in [3.8, 4) is 0 Å². The molecule has 6 heteroatoms. The third-order valence-electron chi connectivity index (χ3n) is 4.47. The van der Waals surface area contributed by atoms with Crippen LogP contribution in [-0.2, 0) is 11.0 Å². The SMILES string of the molecule is [C-]#[N+]c1ccc2c(c1)[nH]c(=O)n2CCO[Si](C)(C)C(C)(C)C. The molecule has 0 fully saturated rings. The van der Waals surface area contributed by atoms with Gasteiger partial charge in [-0.2, -0.15) is 0 Å². The summed E-state index contributed by atoms with van der Waals surface area (Å²) in [7, 11) is -1.80. The fraction of sp³-hybridized carbons (Fsp3) is 0.500. The van der Waals surface area contributed by atoms with E-state index in [4.69, 9.17) is 11.0 Å². The highest BCUT2D eigenvalue weighted by Crippen LogP contribution is 2.36. The van der Waals surface area contributed by atoms with Gasteiger partial charge >= 0.3 is 5.69 Å². The van der Waals surface area contributed by atoms with Crippen LogP contribution in [-0.4, -0.2) is 24.5 Å². The third-order valence-corrected chi connectivity index (χ3v) is 9.01. The maximum Gasteiger partial charge on any atom is 0.326 e. The van der Waals surface area contributed by atoms with Crippen molar-refractivity contribution >= 4 is 25.0 Å². The Hall–Kier alpha value is -1.84. The number of benzene rings is 1. The normalized spacial score (nSPS) is 12.5. The van der Waals surface area contributed by atoms with Crippen molar-refractivity contribution in [2.45, 2.75) is 45.4 Å². The lowest BCUT2D eigenvalue weighted by atomic mass is 10.2. The maximum atomic E-state index is 12.1. The van der Waals surface area contributed by atoms with E-state index in [0.29, 0.717) is 24.4 Å². The molecule has 2 aromatic rings. The average Bonchev–Trinajstić information content (AvgIpc) is 2.72. The van der Waals surface area contributed by atoms with Crippen molar-refractivity contribution in [1.29, 1.82) is 0 Å². The van der Waals surface area contributed by atoms with Gasteiger partial charge in [0, 0.05) is 6.54 Å². The van der Waals surface area contributed by atoms with E-state index in [9.17, 15) is 4.79 Å². The number of rotatable bonds is 4. The summed E-state index contributed by atoms with van der Waals surface area (Å²) in [6, 6.07) is 5.25. The largest absolute Gasteiger partial charge is 0.415 e. The molecule has 5 nitrogen and oxygen atoms in total. The number of hydrogen-bond donors (Lipinski definition) is 1. The highest BCUT2D eigenvalue weighted by atomic mass is 28.4. The van der Waals surface area contributed by atoms with Crippen LogP contribution in [0.2, 0.25) is 18.1 Å². The van der Waals surface area contributed by atoms with Gasteiger partial charge in [0.2, 0.25) is 0 Å². The number of nitrogens with one attached hydrogen (secondary N) is 1. The topological polar surface area (TPSA) is 51.4 Å². The van der Waals surface area contributed by atoms with E-state index >= 15 is 0 Å². The predicted octanol–water partition coefficient (Wildman–Crippen LogP) is 3.90. The number of nitrogens with zero attached hydrogens (tertiary/aromatic N) is 2. The summed E-state index contributed by atoms with van der Waals surface area (Å²) in [4.78, 5) is 18.3. The Morgan fingerprint density at radius 2 is 2.05 bits per heavy atom. The number of fused-ring (bicyclic) bond motifs is 1. The van der Waals surface area contributed by atoms with Crippen LogP contribution in [0.5, 0.6) is 0 Å². The molecule has 0 aliphatic heterocycles. The number of hydrogen-bond acceptors (Lipinski definition) is 2. The summed E-state index contributed by atoms with van der Waals surface area (Å²) in [6.45, 7) is 19.1. The number of H-pyrrole nitrogens is 1. The molecule has 0 saturated heterocycles. The number of aromatic nitrogens is 2. The Kier molecular flexibility index (Phi) is 4.32. The minimum atomic E-state index is -1.80. The second-order valence-electron chi connectivity index (χ2n) is 7.00. The van der Waals surface area contributed by atoms with E-state index < -0.39 is 8.32 Å². The van der Waals surface area contributed by atoms with Crippen molar-refractivity contribution in [3.05, 3.63) is 40.1 Å². The Morgan fingerprint density at radius 3 is 2.64 bits per heavy atom. The van der Waals surface area contributed by atoms with Crippen LogP contribution >= 0.6 is 0 Å². The van der Waals surface area contributed by atoms with E-state index in [-0.39, 0.29) is 10.7 Å². The lowest BCUT2D eigenvalue weighted by Gasteiger charge is -2.36. The quantitative estimate of drug-likeness (QED) is 0.687. The van der Waals surface area contributed by atoms with Gasteiger partial charge in [-0.15, -0.1) is 0 Å². The minimum absolute atomic E-state index is 0.155. The molecule has 0 aliphatic rings. The van der Waals surface area contributed by atoms with Crippen LogP contribution in [0.3, 0.4) is 0 Å². The first-order chi connectivity index (χ1) is 10.2. The van der Waals surface area contributed by atoms with Gasteiger partial charge in [0.25, 0.3) is 0 Å². The lowest BCUT2D eigenvalue weighted by Crippen LogP contribution is -2.41. The molecular weight excluding hydrogens is 294 g/mol. The average molecular weight is 317 g/mol. The van der Waals surface area contributed by atoms with Gasteiger partial charge in [-0.25, -0.2) is 9.64 Å². The Labute approximate surface area is 131 Å². The Balaban J connectivity index is 2.18. The number of imidazole rings is 1. The summed E-state index contributed by atoms with van der Waals surface area (Å²) >= 11 is 0. The highest BCUT2D eigenvalue weighted by Gasteiger charge is 2.36.